The van der Waals surface area contributed by atoms with E-state index in [1.165, 1.54) is 0 Å². The Kier molecular flexibility index (Phi) is 6.64. The van der Waals surface area contributed by atoms with Gasteiger partial charge in [0.25, 0.3) is 5.91 Å². The second kappa shape index (κ2) is 9.57. The van der Waals surface area contributed by atoms with Crippen molar-refractivity contribution in [3.8, 4) is 11.5 Å². The number of nitrogens with one attached hydrogen (secondary N) is 1. The lowest BCUT2D eigenvalue weighted by molar-refractivity contribution is 0.102. The first-order chi connectivity index (χ1) is 13.7. The zero-order valence-corrected chi connectivity index (χ0v) is 15.9. The summed E-state index contributed by atoms with van der Waals surface area (Å²) in [5.74, 6) is 0.947. The van der Waals surface area contributed by atoms with Gasteiger partial charge in [0, 0.05) is 36.8 Å². The van der Waals surface area contributed by atoms with E-state index in [0.717, 1.165) is 5.56 Å². The molecule has 0 unspecified atom stereocenters. The summed E-state index contributed by atoms with van der Waals surface area (Å²) < 4.78 is 17.8. The SMILES string of the molecule is COCCOc1cc(NC(=O)c2ccc(Cn3cccn3)cc2)ccc1OC. The van der Waals surface area contributed by atoms with Crippen molar-refractivity contribution < 1.29 is 19.0 Å². The highest BCUT2D eigenvalue weighted by Gasteiger charge is 2.10. The van der Waals surface area contributed by atoms with Gasteiger partial charge in [0.2, 0.25) is 0 Å². The number of carbonyl (C=O) groups excluding carboxylic acids is 1. The summed E-state index contributed by atoms with van der Waals surface area (Å²) in [7, 11) is 3.18. The standard InChI is InChI=1S/C21H23N3O4/c1-26-12-13-28-20-14-18(8-9-19(20)27-2)23-21(25)17-6-4-16(5-7-17)15-24-11-3-10-22-24/h3-11,14H,12-13,15H2,1-2H3,(H,23,25). The van der Waals surface area contributed by atoms with Crippen LogP contribution < -0.4 is 14.8 Å². The summed E-state index contributed by atoms with van der Waals surface area (Å²) >= 11 is 0. The van der Waals surface area contributed by atoms with Gasteiger partial charge in [0.15, 0.2) is 11.5 Å². The molecule has 0 radical (unpaired) electrons. The number of methoxy groups -OCH3 is 2. The van der Waals surface area contributed by atoms with Crippen LogP contribution in [0.2, 0.25) is 0 Å². The van der Waals surface area contributed by atoms with Crippen LogP contribution in [0, 0.1) is 0 Å². The maximum Gasteiger partial charge on any atom is 0.255 e. The normalized spacial score (nSPS) is 10.5. The Balaban J connectivity index is 1.65. The number of benzene rings is 2. The molecule has 0 saturated heterocycles. The van der Waals surface area contributed by atoms with Gasteiger partial charge in [-0.15, -0.1) is 0 Å². The second-order valence-corrected chi connectivity index (χ2v) is 6.06. The highest BCUT2D eigenvalue weighted by molar-refractivity contribution is 6.04. The van der Waals surface area contributed by atoms with Crippen LogP contribution in [0.4, 0.5) is 5.69 Å². The van der Waals surface area contributed by atoms with E-state index in [1.54, 1.807) is 50.7 Å². The fraction of sp³-hybridized carbons (Fsp3) is 0.238. The van der Waals surface area contributed by atoms with Crippen LogP contribution in [0.1, 0.15) is 15.9 Å². The number of ether oxygens (including phenoxy) is 3. The van der Waals surface area contributed by atoms with Crippen LogP contribution >= 0.6 is 0 Å². The van der Waals surface area contributed by atoms with Crippen LogP contribution in [0.5, 0.6) is 11.5 Å². The average Bonchev–Trinajstić information content (AvgIpc) is 3.22. The van der Waals surface area contributed by atoms with Gasteiger partial charge in [0.05, 0.1) is 20.3 Å². The zero-order chi connectivity index (χ0) is 19.8. The largest absolute Gasteiger partial charge is 0.493 e. The lowest BCUT2D eigenvalue weighted by atomic mass is 10.1. The third-order valence-corrected chi connectivity index (χ3v) is 4.09. The molecule has 3 aromatic rings. The van der Waals surface area contributed by atoms with Gasteiger partial charge in [-0.05, 0) is 35.9 Å². The molecular weight excluding hydrogens is 358 g/mol. The van der Waals surface area contributed by atoms with Crippen LogP contribution in [0.25, 0.3) is 0 Å². The zero-order valence-electron chi connectivity index (χ0n) is 15.9. The Hall–Kier alpha value is -3.32. The maximum absolute atomic E-state index is 12.5. The molecule has 1 N–H and O–H groups in total. The number of nitrogens with zero attached hydrogens (tertiary/aromatic N) is 2. The minimum Gasteiger partial charge on any atom is -0.493 e. The molecule has 7 heteroatoms. The quantitative estimate of drug-likeness (QED) is 0.576. The van der Waals surface area contributed by atoms with Crippen molar-refractivity contribution in [1.82, 2.24) is 9.78 Å². The predicted octanol–water partition coefficient (Wildman–Crippen LogP) is 3.22. The number of hydrogen-bond donors (Lipinski definition) is 1. The first-order valence-electron chi connectivity index (χ1n) is 8.87. The number of amides is 1. The van der Waals surface area contributed by atoms with Gasteiger partial charge >= 0.3 is 0 Å². The number of anilines is 1. The second-order valence-electron chi connectivity index (χ2n) is 6.06. The smallest absolute Gasteiger partial charge is 0.255 e. The summed E-state index contributed by atoms with van der Waals surface area (Å²) in [6, 6.07) is 14.6. The van der Waals surface area contributed by atoms with E-state index in [-0.39, 0.29) is 5.91 Å². The van der Waals surface area contributed by atoms with Crippen LogP contribution in [0.3, 0.4) is 0 Å². The van der Waals surface area contributed by atoms with E-state index in [1.807, 2.05) is 29.1 Å². The summed E-state index contributed by atoms with van der Waals surface area (Å²) in [5, 5.41) is 7.06. The minimum atomic E-state index is -0.196. The Labute approximate surface area is 163 Å². The highest BCUT2D eigenvalue weighted by Crippen LogP contribution is 2.30. The van der Waals surface area contributed by atoms with Gasteiger partial charge in [-0.2, -0.15) is 5.10 Å². The molecule has 1 amide bonds. The average molecular weight is 381 g/mol. The molecule has 0 aliphatic rings. The molecule has 0 spiro atoms. The van der Waals surface area contributed by atoms with Crippen LogP contribution in [-0.2, 0) is 11.3 Å². The van der Waals surface area contributed by atoms with E-state index in [4.69, 9.17) is 14.2 Å². The number of rotatable bonds is 9. The first kappa shape index (κ1) is 19.4. The van der Waals surface area contributed by atoms with E-state index in [0.29, 0.717) is 42.5 Å². The van der Waals surface area contributed by atoms with Gasteiger partial charge in [0.1, 0.15) is 6.61 Å². The van der Waals surface area contributed by atoms with E-state index >= 15 is 0 Å². The van der Waals surface area contributed by atoms with Crippen molar-refractivity contribution in [1.29, 1.82) is 0 Å². The van der Waals surface area contributed by atoms with Crippen molar-refractivity contribution in [2.75, 3.05) is 32.8 Å². The Morgan fingerprint density at radius 3 is 2.57 bits per heavy atom. The molecule has 1 heterocycles. The molecule has 0 aliphatic carbocycles. The van der Waals surface area contributed by atoms with Gasteiger partial charge in [-0.25, -0.2) is 0 Å². The molecule has 1 aromatic heterocycles. The third kappa shape index (κ3) is 5.11. The molecule has 28 heavy (non-hydrogen) atoms. The number of carbonyl (C=O) groups is 1. The Morgan fingerprint density at radius 2 is 1.89 bits per heavy atom. The lowest BCUT2D eigenvalue weighted by Crippen LogP contribution is -2.12. The molecule has 0 bridgehead atoms. The molecule has 0 aliphatic heterocycles. The Morgan fingerprint density at radius 1 is 1.07 bits per heavy atom. The van der Waals surface area contributed by atoms with E-state index in [2.05, 4.69) is 10.4 Å². The fourth-order valence-corrected chi connectivity index (χ4v) is 2.65. The molecular formula is C21H23N3O4. The first-order valence-corrected chi connectivity index (χ1v) is 8.87. The predicted molar refractivity (Wildman–Crippen MR) is 106 cm³/mol. The fourth-order valence-electron chi connectivity index (χ4n) is 2.65. The molecule has 0 atom stereocenters. The van der Waals surface area contributed by atoms with Gasteiger partial charge in [-0.3, -0.25) is 9.48 Å². The molecule has 2 aromatic carbocycles. The van der Waals surface area contributed by atoms with Crippen LogP contribution in [-0.4, -0.2) is 43.1 Å². The summed E-state index contributed by atoms with van der Waals surface area (Å²) in [6.45, 7) is 1.52. The Bertz CT molecular complexity index is 893. The molecule has 0 fully saturated rings. The highest BCUT2D eigenvalue weighted by atomic mass is 16.5. The minimum absolute atomic E-state index is 0.196. The molecule has 3 rings (SSSR count). The van der Waals surface area contributed by atoms with Crippen molar-refractivity contribution in [2.45, 2.75) is 6.54 Å². The molecule has 0 saturated carbocycles. The summed E-state index contributed by atoms with van der Waals surface area (Å²) in [4.78, 5) is 12.5. The molecule has 7 nitrogen and oxygen atoms in total. The van der Waals surface area contributed by atoms with Gasteiger partial charge in [-0.1, -0.05) is 12.1 Å². The van der Waals surface area contributed by atoms with Crippen molar-refractivity contribution >= 4 is 11.6 Å². The topological polar surface area (TPSA) is 74.6 Å². The third-order valence-electron chi connectivity index (χ3n) is 4.09. The number of hydrogen-bond acceptors (Lipinski definition) is 5. The van der Waals surface area contributed by atoms with Crippen molar-refractivity contribution in [3.63, 3.8) is 0 Å². The van der Waals surface area contributed by atoms with Crippen molar-refractivity contribution in [3.05, 3.63) is 72.1 Å². The van der Waals surface area contributed by atoms with Crippen LogP contribution in [0.15, 0.2) is 60.9 Å². The summed E-state index contributed by atoms with van der Waals surface area (Å²) in [6.07, 6.45) is 3.64. The van der Waals surface area contributed by atoms with E-state index in [9.17, 15) is 4.79 Å². The van der Waals surface area contributed by atoms with Crippen molar-refractivity contribution in [2.24, 2.45) is 0 Å². The number of aromatic nitrogens is 2. The summed E-state index contributed by atoms with van der Waals surface area (Å²) in [5.41, 5.74) is 2.26. The monoisotopic (exact) mass is 381 g/mol. The molecule has 146 valence electrons. The maximum atomic E-state index is 12.5. The van der Waals surface area contributed by atoms with E-state index < -0.39 is 0 Å². The van der Waals surface area contributed by atoms with Gasteiger partial charge < -0.3 is 19.5 Å². The lowest BCUT2D eigenvalue weighted by Gasteiger charge is -2.13.